The summed E-state index contributed by atoms with van der Waals surface area (Å²) in [5.74, 6) is 0.695. The van der Waals surface area contributed by atoms with E-state index in [1.807, 2.05) is 24.3 Å². The third-order valence-corrected chi connectivity index (χ3v) is 3.80. The normalized spacial score (nSPS) is 10.4. The van der Waals surface area contributed by atoms with Crippen molar-refractivity contribution in [2.75, 3.05) is 25.5 Å². The van der Waals surface area contributed by atoms with Gasteiger partial charge in [0.05, 0.1) is 24.4 Å². The predicted octanol–water partition coefficient (Wildman–Crippen LogP) is 3.77. The van der Waals surface area contributed by atoms with E-state index in [1.54, 1.807) is 25.3 Å². The van der Waals surface area contributed by atoms with E-state index in [2.05, 4.69) is 10.6 Å². The highest BCUT2D eigenvalue weighted by molar-refractivity contribution is 6.36. The molecule has 0 radical (unpaired) electrons. The van der Waals surface area contributed by atoms with Gasteiger partial charge in [-0.05, 0) is 42.8 Å². The molecule has 0 aromatic heterocycles. The fourth-order valence-electron chi connectivity index (χ4n) is 2.12. The fourth-order valence-corrected chi connectivity index (χ4v) is 2.58. The molecule has 1 amide bonds. The Morgan fingerprint density at radius 3 is 2.70 bits per heavy atom. The van der Waals surface area contributed by atoms with Crippen LogP contribution < -0.4 is 15.4 Å². The minimum absolute atomic E-state index is 0.158. The van der Waals surface area contributed by atoms with Crippen LogP contribution in [0, 0.1) is 0 Å². The number of carbonyl (C=O) groups excluding carboxylic acids is 1. The maximum atomic E-state index is 11.9. The standard InChI is InChI=1S/C17H18Cl2N2O2/c1-23-16-5-3-2-4-12(16)8-9-20-11-17(22)21-15-7-6-13(18)10-14(15)19/h2-7,10,20H,8-9,11H2,1H3,(H,21,22). The van der Waals surface area contributed by atoms with Crippen LogP contribution >= 0.6 is 23.2 Å². The molecule has 0 bridgehead atoms. The summed E-state index contributed by atoms with van der Waals surface area (Å²) in [5.41, 5.74) is 1.65. The van der Waals surface area contributed by atoms with Gasteiger partial charge in [-0.15, -0.1) is 0 Å². The average molecular weight is 353 g/mol. The second-order valence-corrected chi connectivity index (χ2v) is 5.75. The van der Waals surface area contributed by atoms with Crippen LogP contribution in [-0.2, 0) is 11.2 Å². The van der Waals surface area contributed by atoms with Crippen molar-refractivity contribution in [1.82, 2.24) is 5.32 Å². The Labute approximate surface area is 145 Å². The van der Waals surface area contributed by atoms with Gasteiger partial charge in [-0.1, -0.05) is 41.4 Å². The van der Waals surface area contributed by atoms with Gasteiger partial charge in [0.2, 0.25) is 5.91 Å². The summed E-state index contributed by atoms with van der Waals surface area (Å²) in [5, 5.41) is 6.79. The minimum Gasteiger partial charge on any atom is -0.496 e. The second kappa shape index (κ2) is 8.77. The average Bonchev–Trinajstić information content (AvgIpc) is 2.54. The molecule has 0 spiro atoms. The third-order valence-electron chi connectivity index (χ3n) is 3.25. The highest BCUT2D eigenvalue weighted by Crippen LogP contribution is 2.25. The molecule has 2 N–H and O–H groups in total. The lowest BCUT2D eigenvalue weighted by Gasteiger charge is -2.10. The maximum absolute atomic E-state index is 11.9. The van der Waals surface area contributed by atoms with Gasteiger partial charge in [0.1, 0.15) is 5.75 Å². The molecular formula is C17H18Cl2N2O2. The lowest BCUT2D eigenvalue weighted by molar-refractivity contribution is -0.115. The summed E-state index contributed by atoms with van der Waals surface area (Å²) in [6.45, 7) is 0.871. The molecule has 6 heteroatoms. The number of amides is 1. The summed E-state index contributed by atoms with van der Waals surface area (Å²) < 4.78 is 5.29. The van der Waals surface area contributed by atoms with Gasteiger partial charge in [-0.25, -0.2) is 0 Å². The number of ether oxygens (including phenoxy) is 1. The Bertz CT molecular complexity index is 677. The smallest absolute Gasteiger partial charge is 0.238 e. The first-order valence-corrected chi connectivity index (χ1v) is 7.93. The zero-order chi connectivity index (χ0) is 16.7. The Hall–Kier alpha value is -1.75. The number of methoxy groups -OCH3 is 1. The first-order chi connectivity index (χ1) is 11.1. The van der Waals surface area contributed by atoms with Crippen molar-refractivity contribution in [3.63, 3.8) is 0 Å². The Balaban J connectivity index is 1.76. The summed E-state index contributed by atoms with van der Waals surface area (Å²) in [4.78, 5) is 11.9. The van der Waals surface area contributed by atoms with Crippen LogP contribution in [0.2, 0.25) is 10.0 Å². The van der Waals surface area contributed by atoms with E-state index >= 15 is 0 Å². The topological polar surface area (TPSA) is 50.4 Å². The molecule has 0 aliphatic rings. The first kappa shape index (κ1) is 17.6. The van der Waals surface area contributed by atoms with Gasteiger partial charge in [-0.2, -0.15) is 0 Å². The lowest BCUT2D eigenvalue weighted by Crippen LogP contribution is -2.29. The molecule has 0 unspecified atom stereocenters. The number of hydrogen-bond donors (Lipinski definition) is 2. The van der Waals surface area contributed by atoms with Crippen LogP contribution in [0.5, 0.6) is 5.75 Å². The predicted molar refractivity (Wildman–Crippen MR) is 94.7 cm³/mol. The molecule has 0 saturated heterocycles. The number of rotatable bonds is 7. The van der Waals surface area contributed by atoms with Crippen molar-refractivity contribution in [3.05, 3.63) is 58.1 Å². The van der Waals surface area contributed by atoms with Gasteiger partial charge < -0.3 is 15.4 Å². The van der Waals surface area contributed by atoms with Crippen molar-refractivity contribution in [3.8, 4) is 5.75 Å². The van der Waals surface area contributed by atoms with Crippen LogP contribution in [0.3, 0.4) is 0 Å². The van der Waals surface area contributed by atoms with Crippen molar-refractivity contribution in [1.29, 1.82) is 0 Å². The monoisotopic (exact) mass is 352 g/mol. The van der Waals surface area contributed by atoms with Crippen molar-refractivity contribution < 1.29 is 9.53 Å². The molecular weight excluding hydrogens is 335 g/mol. The number of halogens is 2. The third kappa shape index (κ3) is 5.43. The van der Waals surface area contributed by atoms with Crippen LogP contribution in [0.25, 0.3) is 0 Å². The number of benzene rings is 2. The van der Waals surface area contributed by atoms with E-state index < -0.39 is 0 Å². The molecule has 4 nitrogen and oxygen atoms in total. The van der Waals surface area contributed by atoms with Crippen LogP contribution in [0.1, 0.15) is 5.56 Å². The van der Waals surface area contributed by atoms with E-state index in [0.29, 0.717) is 22.3 Å². The van der Waals surface area contributed by atoms with E-state index in [9.17, 15) is 4.79 Å². The zero-order valence-electron chi connectivity index (χ0n) is 12.7. The molecule has 2 aromatic rings. The largest absolute Gasteiger partial charge is 0.496 e. The van der Waals surface area contributed by atoms with E-state index in [4.69, 9.17) is 27.9 Å². The van der Waals surface area contributed by atoms with Gasteiger partial charge in [0.15, 0.2) is 0 Å². The van der Waals surface area contributed by atoms with Crippen LogP contribution in [0.15, 0.2) is 42.5 Å². The summed E-state index contributed by atoms with van der Waals surface area (Å²) >= 11 is 11.8. The quantitative estimate of drug-likeness (QED) is 0.745. The molecule has 0 aliphatic carbocycles. The van der Waals surface area contributed by atoms with E-state index in [0.717, 1.165) is 17.7 Å². The molecule has 0 fully saturated rings. The number of carbonyl (C=O) groups is 1. The highest BCUT2D eigenvalue weighted by Gasteiger charge is 2.06. The number of nitrogens with one attached hydrogen (secondary N) is 2. The Morgan fingerprint density at radius 2 is 1.96 bits per heavy atom. The summed E-state index contributed by atoms with van der Waals surface area (Å²) in [6, 6.07) is 12.8. The molecule has 0 aliphatic heterocycles. The van der Waals surface area contributed by atoms with Crippen molar-refractivity contribution in [2.24, 2.45) is 0 Å². The van der Waals surface area contributed by atoms with E-state index in [1.165, 1.54) is 0 Å². The Morgan fingerprint density at radius 1 is 1.17 bits per heavy atom. The Kier molecular flexibility index (Phi) is 6.71. The van der Waals surface area contributed by atoms with E-state index in [-0.39, 0.29) is 12.5 Å². The van der Waals surface area contributed by atoms with Gasteiger partial charge in [0, 0.05) is 5.02 Å². The number of anilines is 1. The van der Waals surface area contributed by atoms with Crippen molar-refractivity contribution in [2.45, 2.75) is 6.42 Å². The zero-order valence-corrected chi connectivity index (χ0v) is 14.2. The number of hydrogen-bond acceptors (Lipinski definition) is 3. The molecule has 122 valence electrons. The lowest BCUT2D eigenvalue weighted by atomic mass is 10.1. The molecule has 2 rings (SSSR count). The second-order valence-electron chi connectivity index (χ2n) is 4.91. The molecule has 0 atom stereocenters. The highest BCUT2D eigenvalue weighted by atomic mass is 35.5. The van der Waals surface area contributed by atoms with Crippen LogP contribution in [-0.4, -0.2) is 26.1 Å². The fraction of sp³-hybridized carbons (Fsp3) is 0.235. The number of para-hydroxylation sites is 1. The first-order valence-electron chi connectivity index (χ1n) is 7.17. The summed E-state index contributed by atoms with van der Waals surface area (Å²) in [7, 11) is 1.65. The minimum atomic E-state index is -0.158. The van der Waals surface area contributed by atoms with Gasteiger partial charge >= 0.3 is 0 Å². The maximum Gasteiger partial charge on any atom is 0.238 e. The van der Waals surface area contributed by atoms with Crippen molar-refractivity contribution >= 4 is 34.8 Å². The molecule has 23 heavy (non-hydrogen) atoms. The van der Waals surface area contributed by atoms with Gasteiger partial charge in [-0.3, -0.25) is 4.79 Å². The van der Waals surface area contributed by atoms with Crippen LogP contribution in [0.4, 0.5) is 5.69 Å². The molecule has 0 heterocycles. The molecule has 0 saturated carbocycles. The SMILES string of the molecule is COc1ccccc1CCNCC(=O)Nc1ccc(Cl)cc1Cl. The summed E-state index contributed by atoms with van der Waals surface area (Å²) in [6.07, 6.45) is 0.777. The van der Waals surface area contributed by atoms with Gasteiger partial charge in [0.25, 0.3) is 0 Å². The molecule has 2 aromatic carbocycles.